The Morgan fingerprint density at radius 1 is 0.800 bits per heavy atom. The van der Waals surface area contributed by atoms with E-state index in [2.05, 4.69) is 45.0 Å². The molecule has 0 unspecified atom stereocenters. The fraction of sp³-hybridized carbons (Fsp3) is 0.538. The molecule has 0 aromatic heterocycles. The molecular weight excluding hydrogens is 206 g/mol. The number of hydrogen-bond donors (Lipinski definition) is 1. The highest BCUT2D eigenvalue weighted by atomic mass is 35.5. The van der Waals surface area contributed by atoms with Crippen molar-refractivity contribution in [3.63, 3.8) is 0 Å². The van der Waals surface area contributed by atoms with Gasteiger partial charge in [0.2, 0.25) is 0 Å². The lowest BCUT2D eigenvalue weighted by Gasteiger charge is -2.23. The zero-order valence-corrected chi connectivity index (χ0v) is 11.1. The third-order valence-corrected chi connectivity index (χ3v) is 2.49. The van der Waals surface area contributed by atoms with Gasteiger partial charge in [0.15, 0.2) is 0 Å². The van der Waals surface area contributed by atoms with Crippen molar-refractivity contribution in [1.29, 1.82) is 0 Å². The maximum atomic E-state index is 6.02. The topological polar surface area (TPSA) is 26.0 Å². The summed E-state index contributed by atoms with van der Waals surface area (Å²) in [5.74, 6) is 0. The first kappa shape index (κ1) is 14.5. The molecule has 0 saturated carbocycles. The van der Waals surface area contributed by atoms with Gasteiger partial charge >= 0.3 is 0 Å². The summed E-state index contributed by atoms with van der Waals surface area (Å²) in [5.41, 5.74) is 8.53. The molecule has 1 aromatic carbocycles. The molecule has 0 heterocycles. The molecule has 86 valence electrons. The molecule has 0 bridgehead atoms. The van der Waals surface area contributed by atoms with Gasteiger partial charge in [0, 0.05) is 5.54 Å². The van der Waals surface area contributed by atoms with Gasteiger partial charge in [0.05, 0.1) is 0 Å². The van der Waals surface area contributed by atoms with Crippen LogP contribution in [-0.2, 0) is 11.0 Å². The van der Waals surface area contributed by atoms with Crippen LogP contribution in [0.25, 0.3) is 0 Å². The average Bonchev–Trinajstić information content (AvgIpc) is 2.01. The molecule has 15 heavy (non-hydrogen) atoms. The van der Waals surface area contributed by atoms with E-state index in [1.807, 2.05) is 13.8 Å². The molecule has 1 nitrogen and oxygen atoms in total. The highest BCUT2D eigenvalue weighted by Gasteiger charge is 2.16. The normalized spacial score (nSPS) is 12.1. The summed E-state index contributed by atoms with van der Waals surface area (Å²) in [6.07, 6.45) is 0. The van der Waals surface area contributed by atoms with Crippen LogP contribution in [0.2, 0.25) is 0 Å². The first-order valence-corrected chi connectivity index (χ1v) is 5.11. The van der Waals surface area contributed by atoms with E-state index in [4.69, 9.17) is 5.73 Å². The Morgan fingerprint density at radius 2 is 1.13 bits per heavy atom. The van der Waals surface area contributed by atoms with Crippen molar-refractivity contribution in [3.8, 4) is 0 Å². The van der Waals surface area contributed by atoms with Crippen LogP contribution in [0, 0.1) is 0 Å². The molecule has 2 heteroatoms. The second-order valence-corrected chi connectivity index (χ2v) is 5.55. The van der Waals surface area contributed by atoms with Gasteiger partial charge in [-0.25, -0.2) is 0 Å². The summed E-state index contributed by atoms with van der Waals surface area (Å²) in [6, 6.07) is 8.59. The monoisotopic (exact) mass is 227 g/mol. The standard InChI is InChI=1S/C13H21N.ClH/c1-12(2,3)10-6-8-11(9-7-10)13(4,5)14;/h6-9H,14H2,1-5H3;1H. The molecule has 0 spiro atoms. The molecule has 0 aliphatic heterocycles. The van der Waals surface area contributed by atoms with E-state index in [-0.39, 0.29) is 23.4 Å². The lowest BCUT2D eigenvalue weighted by atomic mass is 9.85. The van der Waals surface area contributed by atoms with Gasteiger partial charge in [-0.1, -0.05) is 45.0 Å². The van der Waals surface area contributed by atoms with Crippen molar-refractivity contribution in [3.05, 3.63) is 35.4 Å². The molecule has 0 radical (unpaired) electrons. The quantitative estimate of drug-likeness (QED) is 0.780. The second-order valence-electron chi connectivity index (χ2n) is 5.55. The van der Waals surface area contributed by atoms with Gasteiger partial charge in [0.25, 0.3) is 0 Å². The smallest absolute Gasteiger partial charge is 0.0352 e. The summed E-state index contributed by atoms with van der Waals surface area (Å²) in [6.45, 7) is 10.7. The lowest BCUT2D eigenvalue weighted by molar-refractivity contribution is 0.550. The summed E-state index contributed by atoms with van der Waals surface area (Å²) in [4.78, 5) is 0. The molecule has 0 amide bonds. The predicted molar refractivity (Wildman–Crippen MR) is 69.6 cm³/mol. The largest absolute Gasteiger partial charge is 0.322 e. The number of hydrogen-bond acceptors (Lipinski definition) is 1. The van der Waals surface area contributed by atoms with E-state index >= 15 is 0 Å². The van der Waals surface area contributed by atoms with E-state index in [0.717, 1.165) is 0 Å². The first-order chi connectivity index (χ1) is 6.21. The maximum Gasteiger partial charge on any atom is 0.0352 e. The van der Waals surface area contributed by atoms with Crippen molar-refractivity contribution < 1.29 is 0 Å². The zero-order chi connectivity index (χ0) is 11.0. The van der Waals surface area contributed by atoms with Crippen LogP contribution in [-0.4, -0.2) is 0 Å². The highest BCUT2D eigenvalue weighted by molar-refractivity contribution is 5.85. The van der Waals surface area contributed by atoms with Crippen LogP contribution < -0.4 is 5.73 Å². The molecule has 0 atom stereocenters. The van der Waals surface area contributed by atoms with Gasteiger partial charge in [-0.3, -0.25) is 0 Å². The van der Waals surface area contributed by atoms with Crippen molar-refractivity contribution in [1.82, 2.24) is 0 Å². The Balaban J connectivity index is 0.00000196. The van der Waals surface area contributed by atoms with E-state index in [1.165, 1.54) is 11.1 Å². The SMILES string of the molecule is CC(C)(C)c1ccc(C(C)(C)N)cc1.Cl. The number of nitrogens with two attached hydrogens (primary N) is 1. The summed E-state index contributed by atoms with van der Waals surface area (Å²) >= 11 is 0. The highest BCUT2D eigenvalue weighted by Crippen LogP contribution is 2.24. The number of benzene rings is 1. The average molecular weight is 228 g/mol. The van der Waals surface area contributed by atoms with E-state index in [0.29, 0.717) is 0 Å². The Morgan fingerprint density at radius 3 is 1.40 bits per heavy atom. The van der Waals surface area contributed by atoms with Crippen LogP contribution in [0.5, 0.6) is 0 Å². The van der Waals surface area contributed by atoms with Crippen molar-refractivity contribution in [2.24, 2.45) is 5.73 Å². The van der Waals surface area contributed by atoms with Gasteiger partial charge in [0.1, 0.15) is 0 Å². The van der Waals surface area contributed by atoms with Gasteiger partial charge in [-0.05, 0) is 30.4 Å². The van der Waals surface area contributed by atoms with Gasteiger partial charge in [-0.15, -0.1) is 12.4 Å². The van der Waals surface area contributed by atoms with E-state index in [9.17, 15) is 0 Å². The lowest BCUT2D eigenvalue weighted by Crippen LogP contribution is -2.28. The van der Waals surface area contributed by atoms with Crippen LogP contribution >= 0.6 is 12.4 Å². The van der Waals surface area contributed by atoms with Crippen molar-refractivity contribution in [2.45, 2.75) is 45.6 Å². The molecule has 0 saturated heterocycles. The van der Waals surface area contributed by atoms with E-state index < -0.39 is 0 Å². The van der Waals surface area contributed by atoms with Crippen LogP contribution in [0.4, 0.5) is 0 Å². The molecule has 0 aliphatic rings. The molecule has 0 aliphatic carbocycles. The predicted octanol–water partition coefficient (Wildman–Crippen LogP) is 3.60. The first-order valence-electron chi connectivity index (χ1n) is 5.11. The van der Waals surface area contributed by atoms with Crippen molar-refractivity contribution >= 4 is 12.4 Å². The minimum Gasteiger partial charge on any atom is -0.322 e. The maximum absolute atomic E-state index is 6.02. The van der Waals surface area contributed by atoms with Gasteiger partial charge in [-0.2, -0.15) is 0 Å². The number of rotatable bonds is 1. The van der Waals surface area contributed by atoms with Crippen LogP contribution in [0.15, 0.2) is 24.3 Å². The second kappa shape index (κ2) is 4.54. The molecule has 2 N–H and O–H groups in total. The minimum absolute atomic E-state index is 0. The summed E-state index contributed by atoms with van der Waals surface area (Å²) in [7, 11) is 0. The Kier molecular flexibility index (Phi) is 4.38. The van der Waals surface area contributed by atoms with Crippen LogP contribution in [0.1, 0.15) is 45.7 Å². The fourth-order valence-corrected chi connectivity index (χ4v) is 1.40. The molecule has 0 fully saturated rings. The van der Waals surface area contributed by atoms with E-state index in [1.54, 1.807) is 0 Å². The fourth-order valence-electron chi connectivity index (χ4n) is 1.40. The Hall–Kier alpha value is -0.530. The molecule has 1 rings (SSSR count). The molecular formula is C13H22ClN. The zero-order valence-electron chi connectivity index (χ0n) is 10.3. The molecule has 1 aromatic rings. The van der Waals surface area contributed by atoms with Gasteiger partial charge < -0.3 is 5.73 Å². The Bertz CT molecular complexity index is 268. The third-order valence-electron chi connectivity index (χ3n) is 2.49. The number of halogens is 1. The minimum atomic E-state index is -0.240. The van der Waals surface area contributed by atoms with Crippen LogP contribution in [0.3, 0.4) is 0 Å². The summed E-state index contributed by atoms with van der Waals surface area (Å²) in [5, 5.41) is 0. The van der Waals surface area contributed by atoms with Crippen molar-refractivity contribution in [2.75, 3.05) is 0 Å². The summed E-state index contributed by atoms with van der Waals surface area (Å²) < 4.78 is 0. The Labute approximate surface area is 99.5 Å². The third kappa shape index (κ3) is 3.84.